The summed E-state index contributed by atoms with van der Waals surface area (Å²) < 4.78 is 1.91. The van der Waals surface area contributed by atoms with Crippen LogP contribution in [0.3, 0.4) is 0 Å². The lowest BCUT2D eigenvalue weighted by molar-refractivity contribution is 0.690. The first kappa shape index (κ1) is 12.9. The lowest BCUT2D eigenvalue weighted by atomic mass is 10.1. The molecule has 0 unspecified atom stereocenters. The highest BCUT2D eigenvalue weighted by Gasteiger charge is 2.10. The highest BCUT2D eigenvalue weighted by Crippen LogP contribution is 2.30. The van der Waals surface area contributed by atoms with Gasteiger partial charge in [-0.15, -0.1) is 11.3 Å². The number of rotatable bonds is 3. The molecule has 3 nitrogen and oxygen atoms in total. The van der Waals surface area contributed by atoms with E-state index in [2.05, 4.69) is 55.3 Å². The number of hydrogen-bond donors (Lipinski definition) is 1. The minimum absolute atomic E-state index is 0.735. The summed E-state index contributed by atoms with van der Waals surface area (Å²) in [4.78, 5) is 2.40. The molecule has 0 atom stereocenters. The molecule has 102 valence electrons. The summed E-state index contributed by atoms with van der Waals surface area (Å²) in [6.45, 7) is 4.93. The van der Waals surface area contributed by atoms with Gasteiger partial charge in [0.05, 0.1) is 17.1 Å². The Hall–Kier alpha value is -2.07. The fourth-order valence-electron chi connectivity index (χ4n) is 2.15. The molecule has 0 fully saturated rings. The zero-order chi connectivity index (χ0) is 14.1. The largest absolute Gasteiger partial charge is 0.396 e. The molecule has 3 aromatic rings. The van der Waals surface area contributed by atoms with Crippen LogP contribution in [0.4, 0.5) is 5.69 Å². The molecule has 1 aromatic carbocycles. The van der Waals surface area contributed by atoms with E-state index < -0.39 is 0 Å². The molecular formula is C16H17N3S. The SMILES string of the molecule is Cc1ccc(Cn2cc(N)c(-c3ccc(C)s3)n2)cc1. The van der Waals surface area contributed by atoms with Crippen LogP contribution in [0.1, 0.15) is 16.0 Å². The van der Waals surface area contributed by atoms with Crippen LogP contribution < -0.4 is 5.73 Å². The van der Waals surface area contributed by atoms with E-state index in [9.17, 15) is 0 Å². The van der Waals surface area contributed by atoms with Gasteiger partial charge in [0.15, 0.2) is 0 Å². The smallest absolute Gasteiger partial charge is 0.125 e. The molecule has 4 heteroatoms. The highest BCUT2D eigenvalue weighted by molar-refractivity contribution is 7.15. The van der Waals surface area contributed by atoms with Gasteiger partial charge in [-0.3, -0.25) is 4.68 Å². The van der Waals surface area contributed by atoms with Crippen LogP contribution in [0.5, 0.6) is 0 Å². The third-order valence-electron chi connectivity index (χ3n) is 3.23. The van der Waals surface area contributed by atoms with Crippen molar-refractivity contribution in [2.24, 2.45) is 0 Å². The van der Waals surface area contributed by atoms with Crippen LogP contribution in [0.15, 0.2) is 42.6 Å². The number of hydrogen-bond acceptors (Lipinski definition) is 3. The van der Waals surface area contributed by atoms with Gasteiger partial charge in [-0.05, 0) is 31.5 Å². The first-order chi connectivity index (χ1) is 9.61. The summed E-state index contributed by atoms with van der Waals surface area (Å²) in [5.41, 5.74) is 10.2. The Morgan fingerprint density at radius 3 is 2.50 bits per heavy atom. The maximum absolute atomic E-state index is 6.08. The molecule has 0 radical (unpaired) electrons. The monoisotopic (exact) mass is 283 g/mol. The molecule has 0 saturated carbocycles. The van der Waals surface area contributed by atoms with Crippen molar-refractivity contribution in [3.63, 3.8) is 0 Å². The van der Waals surface area contributed by atoms with E-state index in [-0.39, 0.29) is 0 Å². The summed E-state index contributed by atoms with van der Waals surface area (Å²) in [6.07, 6.45) is 1.91. The third kappa shape index (κ3) is 2.60. The maximum Gasteiger partial charge on any atom is 0.125 e. The van der Waals surface area contributed by atoms with E-state index in [1.807, 2.05) is 10.9 Å². The van der Waals surface area contributed by atoms with Gasteiger partial charge < -0.3 is 5.73 Å². The van der Waals surface area contributed by atoms with Crippen LogP contribution in [-0.2, 0) is 6.54 Å². The molecule has 3 rings (SSSR count). The zero-order valence-electron chi connectivity index (χ0n) is 11.6. The lowest BCUT2D eigenvalue weighted by Crippen LogP contribution is -2.00. The predicted octanol–water partition coefficient (Wildman–Crippen LogP) is 3.86. The minimum atomic E-state index is 0.735. The second-order valence-corrected chi connectivity index (χ2v) is 6.31. The Balaban J connectivity index is 1.87. The van der Waals surface area contributed by atoms with E-state index in [0.29, 0.717) is 0 Å². The first-order valence-corrected chi connectivity index (χ1v) is 7.39. The molecule has 0 spiro atoms. The molecule has 2 heterocycles. The van der Waals surface area contributed by atoms with Gasteiger partial charge in [0.2, 0.25) is 0 Å². The fourth-order valence-corrected chi connectivity index (χ4v) is 3.03. The molecule has 20 heavy (non-hydrogen) atoms. The number of nitrogens with zero attached hydrogens (tertiary/aromatic N) is 2. The molecule has 0 aliphatic rings. The van der Waals surface area contributed by atoms with Gasteiger partial charge >= 0.3 is 0 Å². The Kier molecular flexibility index (Phi) is 3.32. The number of nitrogen functional groups attached to an aromatic ring is 1. The van der Waals surface area contributed by atoms with Crippen LogP contribution in [-0.4, -0.2) is 9.78 Å². The molecular weight excluding hydrogens is 266 g/mol. The lowest BCUT2D eigenvalue weighted by Gasteiger charge is -2.02. The van der Waals surface area contributed by atoms with Crippen molar-refractivity contribution in [2.75, 3.05) is 5.73 Å². The van der Waals surface area contributed by atoms with Gasteiger partial charge in [0.25, 0.3) is 0 Å². The molecule has 2 N–H and O–H groups in total. The van der Waals surface area contributed by atoms with Crippen molar-refractivity contribution in [1.82, 2.24) is 9.78 Å². The van der Waals surface area contributed by atoms with Crippen molar-refractivity contribution >= 4 is 17.0 Å². The van der Waals surface area contributed by atoms with Crippen molar-refractivity contribution in [3.05, 3.63) is 58.6 Å². The van der Waals surface area contributed by atoms with Gasteiger partial charge in [0, 0.05) is 11.1 Å². The quantitative estimate of drug-likeness (QED) is 0.793. The molecule has 2 aromatic heterocycles. The zero-order valence-corrected chi connectivity index (χ0v) is 12.4. The van der Waals surface area contributed by atoms with Gasteiger partial charge in [-0.2, -0.15) is 5.10 Å². The topological polar surface area (TPSA) is 43.8 Å². The molecule has 0 saturated heterocycles. The minimum Gasteiger partial charge on any atom is -0.396 e. The Morgan fingerprint density at radius 1 is 1.10 bits per heavy atom. The Morgan fingerprint density at radius 2 is 1.85 bits per heavy atom. The fraction of sp³-hybridized carbons (Fsp3) is 0.188. The summed E-state index contributed by atoms with van der Waals surface area (Å²) in [5, 5.41) is 4.61. The van der Waals surface area contributed by atoms with Crippen LogP contribution in [0.2, 0.25) is 0 Å². The first-order valence-electron chi connectivity index (χ1n) is 6.57. The average molecular weight is 283 g/mol. The number of aromatic nitrogens is 2. The van der Waals surface area contributed by atoms with Crippen LogP contribution in [0.25, 0.3) is 10.6 Å². The van der Waals surface area contributed by atoms with E-state index in [4.69, 9.17) is 5.73 Å². The summed E-state index contributed by atoms with van der Waals surface area (Å²) in [6, 6.07) is 12.7. The second kappa shape index (κ2) is 5.13. The van der Waals surface area contributed by atoms with E-state index >= 15 is 0 Å². The summed E-state index contributed by atoms with van der Waals surface area (Å²) in [5.74, 6) is 0. The van der Waals surface area contributed by atoms with Crippen molar-refractivity contribution in [3.8, 4) is 10.6 Å². The van der Waals surface area contributed by atoms with E-state index in [1.54, 1.807) is 11.3 Å². The second-order valence-electron chi connectivity index (χ2n) is 5.03. The number of benzene rings is 1. The predicted molar refractivity (Wildman–Crippen MR) is 85.0 cm³/mol. The summed E-state index contributed by atoms with van der Waals surface area (Å²) in [7, 11) is 0. The molecule has 0 aliphatic carbocycles. The highest BCUT2D eigenvalue weighted by atomic mass is 32.1. The van der Waals surface area contributed by atoms with Crippen molar-refractivity contribution in [2.45, 2.75) is 20.4 Å². The Labute approximate surface area is 122 Å². The molecule has 0 amide bonds. The number of nitrogens with two attached hydrogens (primary N) is 1. The van der Waals surface area contributed by atoms with Crippen molar-refractivity contribution in [1.29, 1.82) is 0 Å². The van der Waals surface area contributed by atoms with Crippen molar-refractivity contribution < 1.29 is 0 Å². The van der Waals surface area contributed by atoms with Gasteiger partial charge in [-0.1, -0.05) is 29.8 Å². The van der Waals surface area contributed by atoms with Crippen LogP contribution in [0, 0.1) is 13.8 Å². The summed E-state index contributed by atoms with van der Waals surface area (Å²) >= 11 is 1.72. The average Bonchev–Trinajstić information content (AvgIpc) is 2.98. The number of anilines is 1. The van der Waals surface area contributed by atoms with E-state index in [0.717, 1.165) is 22.8 Å². The number of thiophene rings is 1. The maximum atomic E-state index is 6.08. The Bertz CT molecular complexity index is 723. The van der Waals surface area contributed by atoms with Gasteiger partial charge in [0.1, 0.15) is 5.69 Å². The third-order valence-corrected chi connectivity index (χ3v) is 4.24. The number of aryl methyl sites for hydroxylation is 2. The molecule has 0 aliphatic heterocycles. The van der Waals surface area contributed by atoms with Gasteiger partial charge in [-0.25, -0.2) is 0 Å². The standard InChI is InChI=1S/C16H17N3S/c1-11-3-6-13(7-4-11)9-19-10-14(17)16(18-19)15-8-5-12(2)20-15/h3-8,10H,9,17H2,1-2H3. The van der Waals surface area contributed by atoms with Crippen LogP contribution >= 0.6 is 11.3 Å². The molecule has 0 bridgehead atoms. The normalized spacial score (nSPS) is 10.9. The van der Waals surface area contributed by atoms with E-state index in [1.165, 1.54) is 16.0 Å².